The lowest BCUT2D eigenvalue weighted by atomic mass is 10.1. The predicted molar refractivity (Wildman–Crippen MR) is 70.7 cm³/mol. The number of ketones is 1. The number of carbonyl (C=O) groups is 2. The molecule has 20 heavy (non-hydrogen) atoms. The van der Waals surface area contributed by atoms with Gasteiger partial charge in [0.1, 0.15) is 0 Å². The van der Waals surface area contributed by atoms with Gasteiger partial charge in [0.2, 0.25) is 0 Å². The molecule has 0 bridgehead atoms. The standard InChI is InChI=1S/C13H14N2O5/c16-7-3-1-2-6-14-11-5-4-9(15(19)20)8-10(11)12(17)13(14)18/h4-5,8,16H,1-3,6-7H2. The molecule has 0 unspecified atom stereocenters. The molecule has 106 valence electrons. The van der Waals surface area contributed by atoms with Crippen LogP contribution in [0.3, 0.4) is 0 Å². The monoisotopic (exact) mass is 278 g/mol. The number of hydrogen-bond acceptors (Lipinski definition) is 5. The van der Waals surface area contributed by atoms with Crippen LogP contribution in [0, 0.1) is 10.1 Å². The van der Waals surface area contributed by atoms with Crippen LogP contribution in [0.2, 0.25) is 0 Å². The molecule has 7 nitrogen and oxygen atoms in total. The summed E-state index contributed by atoms with van der Waals surface area (Å²) in [6, 6.07) is 3.86. The van der Waals surface area contributed by atoms with E-state index in [1.54, 1.807) is 0 Å². The summed E-state index contributed by atoms with van der Waals surface area (Å²) in [5, 5.41) is 19.4. The first-order valence-electron chi connectivity index (χ1n) is 6.31. The number of non-ortho nitro benzene ring substituents is 1. The molecule has 0 atom stereocenters. The van der Waals surface area contributed by atoms with Crippen LogP contribution in [0.25, 0.3) is 0 Å². The average molecular weight is 278 g/mol. The normalized spacial score (nSPS) is 13.8. The van der Waals surface area contributed by atoms with Gasteiger partial charge in [0.15, 0.2) is 0 Å². The SMILES string of the molecule is O=C1C(=O)N(CCCCCO)c2ccc([N+](=O)[O-])cc21. The van der Waals surface area contributed by atoms with Crippen LogP contribution in [0.15, 0.2) is 18.2 Å². The van der Waals surface area contributed by atoms with E-state index in [4.69, 9.17) is 5.11 Å². The second-order valence-electron chi connectivity index (χ2n) is 4.53. The van der Waals surface area contributed by atoms with Crippen LogP contribution in [-0.2, 0) is 4.79 Å². The third kappa shape index (κ3) is 2.53. The molecule has 1 aromatic carbocycles. The molecule has 1 aliphatic heterocycles. The summed E-state index contributed by atoms with van der Waals surface area (Å²) in [7, 11) is 0. The van der Waals surface area contributed by atoms with Gasteiger partial charge >= 0.3 is 0 Å². The van der Waals surface area contributed by atoms with Crippen molar-refractivity contribution in [3.63, 3.8) is 0 Å². The second kappa shape index (κ2) is 5.79. The number of nitro groups is 1. The van der Waals surface area contributed by atoms with Crippen LogP contribution in [0.1, 0.15) is 29.6 Å². The highest BCUT2D eigenvalue weighted by Crippen LogP contribution is 2.32. The highest BCUT2D eigenvalue weighted by atomic mass is 16.6. The van der Waals surface area contributed by atoms with Crippen LogP contribution in [-0.4, -0.2) is 34.9 Å². The lowest BCUT2D eigenvalue weighted by Crippen LogP contribution is -2.30. The number of hydrogen-bond donors (Lipinski definition) is 1. The van der Waals surface area contributed by atoms with Gasteiger partial charge in [-0.3, -0.25) is 19.7 Å². The summed E-state index contributed by atoms with van der Waals surface area (Å²) in [4.78, 5) is 35.1. The Morgan fingerprint density at radius 2 is 1.95 bits per heavy atom. The molecule has 0 aliphatic carbocycles. The van der Waals surface area contributed by atoms with Crippen molar-refractivity contribution in [2.45, 2.75) is 19.3 Å². The highest BCUT2D eigenvalue weighted by molar-refractivity contribution is 6.52. The van der Waals surface area contributed by atoms with E-state index in [0.717, 1.165) is 12.5 Å². The van der Waals surface area contributed by atoms with Gasteiger partial charge in [-0.1, -0.05) is 0 Å². The lowest BCUT2D eigenvalue weighted by molar-refractivity contribution is -0.384. The minimum absolute atomic E-state index is 0.0892. The van der Waals surface area contributed by atoms with Crippen LogP contribution >= 0.6 is 0 Å². The van der Waals surface area contributed by atoms with Crippen LogP contribution < -0.4 is 4.90 Å². The molecule has 1 amide bonds. The van der Waals surface area contributed by atoms with Crippen molar-refractivity contribution in [1.82, 2.24) is 0 Å². The number of Topliss-reactive ketones (excluding diaryl/α,β-unsaturated/α-hetero) is 1. The fourth-order valence-electron chi connectivity index (χ4n) is 2.18. The van der Waals surface area contributed by atoms with E-state index in [0.29, 0.717) is 25.1 Å². The Kier molecular flexibility index (Phi) is 4.09. The Bertz CT molecular complexity index is 570. The molecule has 0 saturated heterocycles. The van der Waals surface area contributed by atoms with Gasteiger partial charge in [0, 0.05) is 25.3 Å². The molecule has 1 aliphatic rings. The predicted octanol–water partition coefficient (Wildman–Crippen LogP) is 1.29. The van der Waals surface area contributed by atoms with Crippen molar-refractivity contribution in [3.05, 3.63) is 33.9 Å². The van der Waals surface area contributed by atoms with Crippen molar-refractivity contribution in [3.8, 4) is 0 Å². The maximum atomic E-state index is 11.9. The Hall–Kier alpha value is -2.28. The number of amides is 1. The number of carbonyl (C=O) groups excluding carboxylic acids is 2. The molecule has 1 aromatic rings. The fourth-order valence-corrected chi connectivity index (χ4v) is 2.18. The summed E-state index contributed by atoms with van der Waals surface area (Å²) in [5.74, 6) is -1.35. The molecule has 0 saturated carbocycles. The number of fused-ring (bicyclic) bond motifs is 1. The smallest absolute Gasteiger partial charge is 0.299 e. The van der Waals surface area contributed by atoms with E-state index < -0.39 is 16.6 Å². The quantitative estimate of drug-likeness (QED) is 0.365. The zero-order chi connectivity index (χ0) is 14.7. The van der Waals surface area contributed by atoms with Gasteiger partial charge in [-0.25, -0.2) is 0 Å². The maximum absolute atomic E-state index is 11.9. The topological polar surface area (TPSA) is 101 Å². The van der Waals surface area contributed by atoms with Crippen LogP contribution in [0.4, 0.5) is 11.4 Å². The van der Waals surface area contributed by atoms with Crippen molar-refractivity contribution in [2.75, 3.05) is 18.1 Å². The van der Waals surface area contributed by atoms with Crippen LogP contribution in [0.5, 0.6) is 0 Å². The number of anilines is 1. The molecule has 1 N–H and O–H groups in total. The van der Waals surface area contributed by atoms with Crippen molar-refractivity contribution in [2.24, 2.45) is 0 Å². The third-order valence-electron chi connectivity index (χ3n) is 3.21. The highest BCUT2D eigenvalue weighted by Gasteiger charge is 2.36. The molecular weight excluding hydrogens is 264 g/mol. The zero-order valence-electron chi connectivity index (χ0n) is 10.7. The first kappa shape index (κ1) is 14.1. The Balaban J connectivity index is 2.20. The van der Waals surface area contributed by atoms with Gasteiger partial charge in [0.05, 0.1) is 16.2 Å². The van der Waals surface area contributed by atoms with E-state index in [2.05, 4.69) is 0 Å². The molecule has 7 heteroatoms. The number of nitrogens with zero attached hydrogens (tertiary/aromatic N) is 2. The molecule has 0 spiro atoms. The first-order chi connectivity index (χ1) is 9.56. The summed E-state index contributed by atoms with van der Waals surface area (Å²) < 4.78 is 0. The fraction of sp³-hybridized carbons (Fsp3) is 0.385. The van der Waals surface area contributed by atoms with Gasteiger partial charge in [-0.2, -0.15) is 0 Å². The third-order valence-corrected chi connectivity index (χ3v) is 3.21. The summed E-state index contributed by atoms with van der Waals surface area (Å²) >= 11 is 0. The number of unbranched alkanes of at least 4 members (excludes halogenated alkanes) is 2. The molecule has 1 heterocycles. The Labute approximate surface area is 115 Å². The van der Waals surface area contributed by atoms with E-state index >= 15 is 0 Å². The van der Waals surface area contributed by atoms with Gasteiger partial charge in [0.25, 0.3) is 17.4 Å². The summed E-state index contributed by atoms with van der Waals surface area (Å²) in [5.41, 5.74) is 0.313. The number of nitro benzene ring substituents is 1. The van der Waals surface area contributed by atoms with E-state index in [-0.39, 0.29) is 17.9 Å². The van der Waals surface area contributed by atoms with Crippen molar-refractivity contribution in [1.29, 1.82) is 0 Å². The number of aliphatic hydroxyl groups excluding tert-OH is 1. The maximum Gasteiger partial charge on any atom is 0.299 e. The van der Waals surface area contributed by atoms with Gasteiger partial charge < -0.3 is 10.0 Å². The van der Waals surface area contributed by atoms with Gasteiger partial charge in [-0.15, -0.1) is 0 Å². The molecule has 2 rings (SSSR count). The lowest BCUT2D eigenvalue weighted by Gasteiger charge is -2.15. The number of rotatable bonds is 6. The summed E-state index contributed by atoms with van der Waals surface area (Å²) in [6.07, 6.45) is 2.05. The minimum atomic E-state index is -0.703. The average Bonchev–Trinajstić information content (AvgIpc) is 2.67. The Morgan fingerprint density at radius 1 is 1.20 bits per heavy atom. The van der Waals surface area contributed by atoms with E-state index in [9.17, 15) is 19.7 Å². The summed E-state index contributed by atoms with van der Waals surface area (Å²) in [6.45, 7) is 0.463. The zero-order valence-corrected chi connectivity index (χ0v) is 10.7. The first-order valence-corrected chi connectivity index (χ1v) is 6.31. The van der Waals surface area contributed by atoms with E-state index in [1.165, 1.54) is 17.0 Å². The van der Waals surface area contributed by atoms with E-state index in [1.807, 2.05) is 0 Å². The largest absolute Gasteiger partial charge is 0.396 e. The minimum Gasteiger partial charge on any atom is -0.396 e. The Morgan fingerprint density at radius 3 is 2.60 bits per heavy atom. The number of aliphatic hydroxyl groups is 1. The number of benzene rings is 1. The molecule has 0 aromatic heterocycles. The second-order valence-corrected chi connectivity index (χ2v) is 4.53. The molecular formula is C13H14N2O5. The van der Waals surface area contributed by atoms with Crippen molar-refractivity contribution >= 4 is 23.1 Å². The van der Waals surface area contributed by atoms with Gasteiger partial charge in [-0.05, 0) is 25.3 Å². The molecule has 0 fully saturated rings. The molecule has 0 radical (unpaired) electrons. The van der Waals surface area contributed by atoms with Crippen molar-refractivity contribution < 1.29 is 19.6 Å².